The van der Waals surface area contributed by atoms with Crippen molar-refractivity contribution in [3.63, 3.8) is 0 Å². The highest BCUT2D eigenvalue weighted by Gasteiger charge is 2.07. The third-order valence-electron chi connectivity index (χ3n) is 2.60. The fourth-order valence-electron chi connectivity index (χ4n) is 1.79. The minimum absolute atomic E-state index is 0.537. The van der Waals surface area contributed by atoms with E-state index in [1.165, 1.54) is 11.3 Å². The van der Waals surface area contributed by atoms with Crippen LogP contribution in [0.1, 0.15) is 0 Å². The first-order valence-electron chi connectivity index (χ1n) is 5.81. The van der Waals surface area contributed by atoms with E-state index in [1.54, 1.807) is 18.3 Å². The molecule has 0 aliphatic heterocycles. The molecule has 102 valence electrons. The minimum Gasteiger partial charge on any atom is -0.284 e. The van der Waals surface area contributed by atoms with Gasteiger partial charge in [-0.15, -0.1) is 0 Å². The van der Waals surface area contributed by atoms with Crippen LogP contribution in [0.4, 0.5) is 5.69 Å². The predicted molar refractivity (Wildman–Crippen MR) is 81.3 cm³/mol. The van der Waals surface area contributed by atoms with Gasteiger partial charge in [0.2, 0.25) is 10.0 Å². The molecule has 7 heteroatoms. The van der Waals surface area contributed by atoms with E-state index in [0.717, 1.165) is 27.2 Å². The molecule has 0 saturated heterocycles. The Hall–Kier alpha value is -1.99. The molecule has 3 aromatic rings. The van der Waals surface area contributed by atoms with Gasteiger partial charge in [-0.25, -0.2) is 18.4 Å². The van der Waals surface area contributed by atoms with Crippen LogP contribution in [0.2, 0.25) is 0 Å². The fourth-order valence-corrected chi connectivity index (χ4v) is 3.27. The summed E-state index contributed by atoms with van der Waals surface area (Å²) in [7, 11) is -3.25. The molecule has 1 aromatic carbocycles. The number of thiazole rings is 1. The zero-order valence-electron chi connectivity index (χ0n) is 10.6. The average Bonchev–Trinajstić information content (AvgIpc) is 2.81. The van der Waals surface area contributed by atoms with Crippen LogP contribution in [0, 0.1) is 0 Å². The molecule has 0 amide bonds. The SMILES string of the molecule is CS(=O)(=O)Nc1ccc(-c2nc3cccnc3s2)cc1. The molecule has 1 N–H and O–H groups in total. The number of nitrogens with one attached hydrogen (secondary N) is 1. The van der Waals surface area contributed by atoms with Crippen LogP contribution in [0.5, 0.6) is 0 Å². The number of nitrogens with zero attached hydrogens (tertiary/aromatic N) is 2. The average molecular weight is 305 g/mol. The highest BCUT2D eigenvalue weighted by Crippen LogP contribution is 2.29. The van der Waals surface area contributed by atoms with Crippen molar-refractivity contribution in [2.75, 3.05) is 11.0 Å². The molecule has 0 aliphatic carbocycles. The van der Waals surface area contributed by atoms with Crippen molar-refractivity contribution in [1.82, 2.24) is 9.97 Å². The topological polar surface area (TPSA) is 72.0 Å². The first kappa shape index (κ1) is 13.0. The van der Waals surface area contributed by atoms with E-state index in [1.807, 2.05) is 24.3 Å². The predicted octanol–water partition coefficient (Wildman–Crippen LogP) is 2.73. The maximum Gasteiger partial charge on any atom is 0.229 e. The van der Waals surface area contributed by atoms with Crippen LogP contribution < -0.4 is 4.72 Å². The Labute approximate surface area is 120 Å². The summed E-state index contributed by atoms with van der Waals surface area (Å²) >= 11 is 1.51. The van der Waals surface area contributed by atoms with Crippen LogP contribution in [-0.2, 0) is 10.0 Å². The molecule has 0 radical (unpaired) electrons. The summed E-state index contributed by atoms with van der Waals surface area (Å²) in [6, 6.07) is 10.9. The molecule has 0 saturated carbocycles. The smallest absolute Gasteiger partial charge is 0.229 e. The van der Waals surface area contributed by atoms with Gasteiger partial charge in [0.15, 0.2) is 0 Å². The maximum absolute atomic E-state index is 11.1. The Morgan fingerprint density at radius 2 is 1.90 bits per heavy atom. The van der Waals surface area contributed by atoms with E-state index in [0.29, 0.717) is 5.69 Å². The van der Waals surface area contributed by atoms with E-state index >= 15 is 0 Å². The van der Waals surface area contributed by atoms with E-state index in [2.05, 4.69) is 14.7 Å². The van der Waals surface area contributed by atoms with Crippen molar-refractivity contribution in [3.8, 4) is 10.6 Å². The Morgan fingerprint density at radius 1 is 1.15 bits per heavy atom. The largest absolute Gasteiger partial charge is 0.284 e. The molecule has 2 aromatic heterocycles. The van der Waals surface area contributed by atoms with Gasteiger partial charge in [0, 0.05) is 17.4 Å². The molecule has 0 fully saturated rings. The van der Waals surface area contributed by atoms with Gasteiger partial charge in [-0.1, -0.05) is 11.3 Å². The molecular formula is C13H11N3O2S2. The first-order valence-corrected chi connectivity index (χ1v) is 8.52. The summed E-state index contributed by atoms with van der Waals surface area (Å²) in [5.74, 6) is 0. The number of rotatable bonds is 3. The van der Waals surface area contributed by atoms with Crippen LogP contribution in [0.25, 0.3) is 20.9 Å². The third kappa shape index (κ3) is 2.78. The zero-order valence-corrected chi connectivity index (χ0v) is 12.2. The van der Waals surface area contributed by atoms with Crippen LogP contribution >= 0.6 is 11.3 Å². The maximum atomic E-state index is 11.1. The summed E-state index contributed by atoms with van der Waals surface area (Å²) in [6.07, 6.45) is 2.86. The van der Waals surface area contributed by atoms with Gasteiger partial charge in [-0.05, 0) is 36.4 Å². The monoisotopic (exact) mass is 305 g/mol. The number of hydrogen-bond donors (Lipinski definition) is 1. The van der Waals surface area contributed by atoms with Gasteiger partial charge >= 0.3 is 0 Å². The molecule has 0 bridgehead atoms. The van der Waals surface area contributed by atoms with Gasteiger partial charge in [-0.3, -0.25) is 4.72 Å². The molecule has 3 rings (SSSR count). The van der Waals surface area contributed by atoms with E-state index in [4.69, 9.17) is 0 Å². The summed E-state index contributed by atoms with van der Waals surface area (Å²) < 4.78 is 24.7. The second-order valence-electron chi connectivity index (χ2n) is 4.30. The van der Waals surface area contributed by atoms with Crippen LogP contribution in [-0.4, -0.2) is 24.6 Å². The van der Waals surface area contributed by atoms with Crippen LogP contribution in [0.3, 0.4) is 0 Å². The highest BCUT2D eigenvalue weighted by atomic mass is 32.2. The Kier molecular flexibility index (Phi) is 3.15. The van der Waals surface area contributed by atoms with E-state index < -0.39 is 10.0 Å². The molecule has 2 heterocycles. The summed E-state index contributed by atoms with van der Waals surface area (Å²) in [5, 5.41) is 0.865. The lowest BCUT2D eigenvalue weighted by atomic mass is 10.2. The number of fused-ring (bicyclic) bond motifs is 1. The summed E-state index contributed by atoms with van der Waals surface area (Å²) in [5.41, 5.74) is 2.34. The Morgan fingerprint density at radius 3 is 2.55 bits per heavy atom. The van der Waals surface area contributed by atoms with Gasteiger partial charge in [0.1, 0.15) is 15.4 Å². The zero-order chi connectivity index (χ0) is 14.2. The number of benzene rings is 1. The molecule has 0 atom stereocenters. The lowest BCUT2D eigenvalue weighted by Crippen LogP contribution is -2.09. The number of pyridine rings is 1. The van der Waals surface area contributed by atoms with Crippen molar-refractivity contribution in [1.29, 1.82) is 0 Å². The first-order chi connectivity index (χ1) is 9.51. The summed E-state index contributed by atoms with van der Waals surface area (Å²) in [4.78, 5) is 9.65. The molecule has 0 spiro atoms. The summed E-state index contributed by atoms with van der Waals surface area (Å²) in [6.45, 7) is 0. The second kappa shape index (κ2) is 4.84. The van der Waals surface area contributed by atoms with Crippen molar-refractivity contribution >= 4 is 37.4 Å². The van der Waals surface area contributed by atoms with E-state index in [9.17, 15) is 8.42 Å². The number of sulfonamides is 1. The van der Waals surface area contributed by atoms with Crippen molar-refractivity contribution in [2.24, 2.45) is 0 Å². The Balaban J connectivity index is 1.94. The van der Waals surface area contributed by atoms with Gasteiger partial charge in [0.25, 0.3) is 0 Å². The van der Waals surface area contributed by atoms with Crippen molar-refractivity contribution < 1.29 is 8.42 Å². The molecular weight excluding hydrogens is 294 g/mol. The number of anilines is 1. The normalized spacial score (nSPS) is 11.7. The second-order valence-corrected chi connectivity index (χ2v) is 7.02. The number of aromatic nitrogens is 2. The van der Waals surface area contributed by atoms with Crippen molar-refractivity contribution in [2.45, 2.75) is 0 Å². The molecule has 20 heavy (non-hydrogen) atoms. The van der Waals surface area contributed by atoms with Gasteiger partial charge in [0.05, 0.1) is 6.26 Å². The van der Waals surface area contributed by atoms with E-state index in [-0.39, 0.29) is 0 Å². The fraction of sp³-hybridized carbons (Fsp3) is 0.0769. The lowest BCUT2D eigenvalue weighted by molar-refractivity contribution is 0.607. The Bertz CT molecular complexity index is 822. The molecule has 0 aliphatic rings. The van der Waals surface area contributed by atoms with Crippen LogP contribution in [0.15, 0.2) is 42.6 Å². The van der Waals surface area contributed by atoms with Crippen molar-refractivity contribution in [3.05, 3.63) is 42.6 Å². The number of hydrogen-bond acceptors (Lipinski definition) is 5. The third-order valence-corrected chi connectivity index (χ3v) is 4.24. The quantitative estimate of drug-likeness (QED) is 0.807. The molecule has 5 nitrogen and oxygen atoms in total. The minimum atomic E-state index is -3.25. The van der Waals surface area contributed by atoms with Gasteiger partial charge in [-0.2, -0.15) is 0 Å². The standard InChI is InChI=1S/C13H11N3O2S2/c1-20(17,18)16-10-6-4-9(5-7-10)12-15-11-3-2-8-14-13(11)19-12/h2-8,16H,1H3. The lowest BCUT2D eigenvalue weighted by Gasteiger charge is -2.03. The molecule has 0 unspecified atom stereocenters. The highest BCUT2D eigenvalue weighted by molar-refractivity contribution is 7.92. The van der Waals surface area contributed by atoms with Gasteiger partial charge < -0.3 is 0 Å².